The van der Waals surface area contributed by atoms with Crippen molar-refractivity contribution in [1.82, 2.24) is 15.4 Å². The zero-order valence-electron chi connectivity index (χ0n) is 13.7. The Morgan fingerprint density at radius 3 is 2.85 bits per heavy atom. The number of halogens is 4. The molecule has 2 aromatic heterocycles. The Bertz CT molecular complexity index is 778. The molecule has 0 aromatic carbocycles. The Morgan fingerprint density at radius 1 is 1.50 bits per heavy atom. The lowest BCUT2D eigenvalue weighted by molar-refractivity contribution is -0.156. The minimum absolute atomic E-state index is 0. The summed E-state index contributed by atoms with van der Waals surface area (Å²) in [6.45, 7) is 2.70. The summed E-state index contributed by atoms with van der Waals surface area (Å²) in [7, 11) is 0. The molecule has 0 spiro atoms. The molecule has 26 heavy (non-hydrogen) atoms. The molecule has 1 amide bonds. The highest BCUT2D eigenvalue weighted by Gasteiger charge is 2.39. The number of hydrogen-bond donors (Lipinski definition) is 2. The maximum absolute atomic E-state index is 12.8. The minimum atomic E-state index is -4.61. The highest BCUT2D eigenvalue weighted by atomic mass is 35.5. The molecule has 0 saturated carbocycles. The fourth-order valence-corrected chi connectivity index (χ4v) is 3.74. The van der Waals surface area contributed by atoms with Gasteiger partial charge in [0.05, 0.1) is 22.4 Å². The highest BCUT2D eigenvalue weighted by Crippen LogP contribution is 2.38. The van der Waals surface area contributed by atoms with Gasteiger partial charge in [-0.3, -0.25) is 4.79 Å². The average Bonchev–Trinajstić information content (AvgIpc) is 3.20. The summed E-state index contributed by atoms with van der Waals surface area (Å²) in [5.41, 5.74) is -0.0286. The van der Waals surface area contributed by atoms with E-state index in [2.05, 4.69) is 15.0 Å². The van der Waals surface area contributed by atoms with Gasteiger partial charge in [-0.2, -0.15) is 13.2 Å². The van der Waals surface area contributed by atoms with E-state index in [4.69, 9.17) is 0 Å². The molecule has 2 N–H and O–H groups in total. The number of aliphatic hydroxyl groups excluding tert-OH is 1. The van der Waals surface area contributed by atoms with Crippen molar-refractivity contribution >= 4 is 29.7 Å². The molecule has 0 aliphatic carbocycles. The van der Waals surface area contributed by atoms with E-state index in [1.54, 1.807) is 17.0 Å². The Hall–Kier alpha value is -1.62. The number of rotatable bonds is 3. The third-order valence-electron chi connectivity index (χ3n) is 4.05. The van der Waals surface area contributed by atoms with E-state index >= 15 is 0 Å². The van der Waals surface area contributed by atoms with Crippen molar-refractivity contribution in [3.8, 4) is 10.6 Å². The number of piperazine rings is 1. The first-order chi connectivity index (χ1) is 11.8. The molecule has 1 atom stereocenters. The van der Waals surface area contributed by atoms with E-state index in [-0.39, 0.29) is 42.2 Å². The van der Waals surface area contributed by atoms with Crippen LogP contribution < -0.4 is 5.32 Å². The van der Waals surface area contributed by atoms with E-state index < -0.39 is 11.9 Å². The van der Waals surface area contributed by atoms with Crippen molar-refractivity contribution in [3.63, 3.8) is 0 Å². The number of carbonyl (C=O) groups excluding carboxylic acids is 1. The van der Waals surface area contributed by atoms with Gasteiger partial charge in [0.2, 0.25) is 5.76 Å². The van der Waals surface area contributed by atoms with Crippen molar-refractivity contribution in [1.29, 1.82) is 0 Å². The second kappa shape index (κ2) is 7.95. The van der Waals surface area contributed by atoms with Crippen LogP contribution in [0.5, 0.6) is 0 Å². The standard InChI is InChI=1S/C15H16F3N3O3S.ClH/c1-8-12(20-24-13(8)15(16,17)18)10-2-3-11(25-10)14(23)21-5-4-19-6-9(21)7-22;/h2-3,9,19,22H,4-7H2,1H3;1H/t9-;/m1./s1. The highest BCUT2D eigenvalue weighted by molar-refractivity contribution is 7.17. The lowest BCUT2D eigenvalue weighted by Crippen LogP contribution is -2.55. The molecular weight excluding hydrogens is 395 g/mol. The van der Waals surface area contributed by atoms with Crippen molar-refractivity contribution in [3.05, 3.63) is 28.3 Å². The number of carbonyl (C=O) groups is 1. The van der Waals surface area contributed by atoms with E-state index in [0.717, 1.165) is 11.3 Å². The quantitative estimate of drug-likeness (QED) is 0.811. The topological polar surface area (TPSA) is 78.6 Å². The number of hydrogen-bond acceptors (Lipinski definition) is 6. The molecular formula is C15H17ClF3N3O3S. The van der Waals surface area contributed by atoms with Crippen molar-refractivity contribution in [2.75, 3.05) is 26.2 Å². The molecule has 1 saturated heterocycles. The third-order valence-corrected chi connectivity index (χ3v) is 5.13. The molecule has 6 nitrogen and oxygen atoms in total. The number of aliphatic hydroxyl groups is 1. The molecule has 1 aliphatic rings. The normalized spacial score (nSPS) is 17.9. The largest absolute Gasteiger partial charge is 0.452 e. The molecule has 3 heterocycles. The first-order valence-corrected chi connectivity index (χ1v) is 8.40. The van der Waals surface area contributed by atoms with Crippen LogP contribution in [-0.4, -0.2) is 53.4 Å². The van der Waals surface area contributed by atoms with Gasteiger partial charge < -0.3 is 19.8 Å². The molecule has 1 fully saturated rings. The molecule has 3 rings (SSSR count). The van der Waals surface area contributed by atoms with Gasteiger partial charge in [0.15, 0.2) is 0 Å². The third kappa shape index (κ3) is 3.88. The van der Waals surface area contributed by atoms with E-state index in [9.17, 15) is 23.1 Å². The van der Waals surface area contributed by atoms with Crippen LogP contribution in [-0.2, 0) is 6.18 Å². The van der Waals surface area contributed by atoms with Gasteiger partial charge in [-0.25, -0.2) is 0 Å². The van der Waals surface area contributed by atoms with Gasteiger partial charge >= 0.3 is 6.18 Å². The van der Waals surface area contributed by atoms with Gasteiger partial charge in [0.25, 0.3) is 5.91 Å². The van der Waals surface area contributed by atoms with Crippen LogP contribution in [0.1, 0.15) is 21.0 Å². The zero-order chi connectivity index (χ0) is 18.2. The number of nitrogens with one attached hydrogen (secondary N) is 1. The second-order valence-corrected chi connectivity index (χ2v) is 6.77. The van der Waals surface area contributed by atoms with E-state index in [1.165, 1.54) is 6.92 Å². The predicted octanol–water partition coefficient (Wildman–Crippen LogP) is 2.56. The van der Waals surface area contributed by atoms with Crippen molar-refractivity contribution < 1.29 is 27.6 Å². The zero-order valence-corrected chi connectivity index (χ0v) is 15.3. The van der Waals surface area contributed by atoms with Crippen LogP contribution >= 0.6 is 23.7 Å². The smallest absolute Gasteiger partial charge is 0.394 e. The molecule has 144 valence electrons. The molecule has 1 aliphatic heterocycles. The lowest BCUT2D eigenvalue weighted by atomic mass is 10.2. The van der Waals surface area contributed by atoms with Gasteiger partial charge in [0, 0.05) is 25.2 Å². The SMILES string of the molecule is Cc1c(-c2ccc(C(=O)N3CCNC[C@@H]3CO)s2)noc1C(F)(F)F.Cl. The summed E-state index contributed by atoms with van der Waals surface area (Å²) in [6.07, 6.45) is -4.61. The molecule has 0 unspecified atom stereocenters. The van der Waals surface area contributed by atoms with Crippen LogP contribution in [0, 0.1) is 6.92 Å². The summed E-state index contributed by atoms with van der Waals surface area (Å²) in [5.74, 6) is -1.39. The second-order valence-electron chi connectivity index (χ2n) is 5.69. The van der Waals surface area contributed by atoms with Gasteiger partial charge in [-0.05, 0) is 19.1 Å². The summed E-state index contributed by atoms with van der Waals surface area (Å²) >= 11 is 1.06. The van der Waals surface area contributed by atoms with Crippen LogP contribution in [0.4, 0.5) is 13.2 Å². The monoisotopic (exact) mass is 411 g/mol. The van der Waals surface area contributed by atoms with E-state index in [0.29, 0.717) is 29.4 Å². The van der Waals surface area contributed by atoms with Gasteiger partial charge in [-0.1, -0.05) is 5.16 Å². The Labute approximate surface area is 157 Å². The number of alkyl halides is 3. The van der Waals surface area contributed by atoms with Crippen molar-refractivity contribution in [2.45, 2.75) is 19.1 Å². The number of thiophene rings is 1. The number of amides is 1. The van der Waals surface area contributed by atoms with Crippen LogP contribution in [0.15, 0.2) is 16.7 Å². The number of nitrogens with zero attached hydrogens (tertiary/aromatic N) is 2. The molecule has 11 heteroatoms. The van der Waals surface area contributed by atoms with Crippen LogP contribution in [0.2, 0.25) is 0 Å². The Kier molecular flexibility index (Phi) is 6.33. The minimum Gasteiger partial charge on any atom is -0.394 e. The van der Waals surface area contributed by atoms with Gasteiger partial charge in [0.1, 0.15) is 5.69 Å². The Balaban J connectivity index is 0.00000243. The summed E-state index contributed by atoms with van der Waals surface area (Å²) in [6, 6.07) is 2.79. The van der Waals surface area contributed by atoms with E-state index in [1.807, 2.05) is 0 Å². The summed E-state index contributed by atoms with van der Waals surface area (Å²) in [4.78, 5) is 15.0. The van der Waals surface area contributed by atoms with Gasteiger partial charge in [-0.15, -0.1) is 23.7 Å². The molecule has 0 bridgehead atoms. The fraction of sp³-hybridized carbons (Fsp3) is 0.467. The van der Waals surface area contributed by atoms with Crippen LogP contribution in [0.25, 0.3) is 10.6 Å². The van der Waals surface area contributed by atoms with Crippen LogP contribution in [0.3, 0.4) is 0 Å². The summed E-state index contributed by atoms with van der Waals surface area (Å²) in [5, 5.41) is 16.0. The first-order valence-electron chi connectivity index (χ1n) is 7.59. The maximum Gasteiger partial charge on any atom is 0.452 e. The Morgan fingerprint density at radius 2 is 2.23 bits per heavy atom. The molecule has 2 aromatic rings. The summed E-state index contributed by atoms with van der Waals surface area (Å²) < 4.78 is 42.9. The lowest BCUT2D eigenvalue weighted by Gasteiger charge is -2.34. The average molecular weight is 412 g/mol. The predicted molar refractivity (Wildman–Crippen MR) is 91.6 cm³/mol. The maximum atomic E-state index is 12.8. The number of aromatic nitrogens is 1. The fourth-order valence-electron chi connectivity index (χ4n) is 2.74. The first kappa shape index (κ1) is 20.7. The van der Waals surface area contributed by atoms with Crippen molar-refractivity contribution in [2.24, 2.45) is 0 Å². The molecule has 0 radical (unpaired) electrons.